The van der Waals surface area contributed by atoms with Gasteiger partial charge in [-0.15, -0.1) is 0 Å². The largest absolute Gasteiger partial charge is 0.395 e. The highest BCUT2D eigenvalue weighted by molar-refractivity contribution is 5.15. The summed E-state index contributed by atoms with van der Waals surface area (Å²) < 4.78 is 12.5. The van der Waals surface area contributed by atoms with Gasteiger partial charge >= 0.3 is 0 Å². The van der Waals surface area contributed by atoms with Crippen molar-refractivity contribution in [2.75, 3.05) is 26.2 Å². The van der Waals surface area contributed by atoms with E-state index < -0.39 is 0 Å². The standard InChI is InChI=1S/C10H18FNO/c1-3-12-5-4-9(6-11)10(2,7-12)8-13/h6,13H,3-5,7-8H2,1-2H3/b9-6+. The summed E-state index contributed by atoms with van der Waals surface area (Å²) in [4.78, 5) is 2.24. The maximum absolute atomic E-state index is 12.5. The van der Waals surface area contributed by atoms with Gasteiger partial charge in [0.25, 0.3) is 0 Å². The molecule has 0 spiro atoms. The molecule has 0 saturated carbocycles. The van der Waals surface area contributed by atoms with Crippen molar-refractivity contribution < 1.29 is 9.50 Å². The van der Waals surface area contributed by atoms with Gasteiger partial charge in [-0.3, -0.25) is 0 Å². The molecule has 1 aliphatic heterocycles. The van der Waals surface area contributed by atoms with Crippen molar-refractivity contribution in [3.05, 3.63) is 11.9 Å². The SMILES string of the molecule is CCN1CC/C(=C\F)C(C)(CO)C1. The van der Waals surface area contributed by atoms with Gasteiger partial charge in [0.1, 0.15) is 0 Å². The smallest absolute Gasteiger partial charge is 0.0866 e. The number of halogens is 1. The highest BCUT2D eigenvalue weighted by Crippen LogP contribution is 2.34. The van der Waals surface area contributed by atoms with E-state index in [0.29, 0.717) is 6.33 Å². The van der Waals surface area contributed by atoms with Gasteiger partial charge in [0.15, 0.2) is 0 Å². The highest BCUT2D eigenvalue weighted by Gasteiger charge is 2.34. The number of piperidine rings is 1. The number of hydrogen-bond donors (Lipinski definition) is 1. The van der Waals surface area contributed by atoms with Gasteiger partial charge in [-0.05, 0) is 18.5 Å². The van der Waals surface area contributed by atoms with Gasteiger partial charge in [-0.25, -0.2) is 4.39 Å². The first-order valence-electron chi connectivity index (χ1n) is 4.79. The molecule has 1 rings (SSSR count). The van der Waals surface area contributed by atoms with Crippen LogP contribution in [0, 0.1) is 5.41 Å². The molecular weight excluding hydrogens is 169 g/mol. The van der Waals surface area contributed by atoms with Gasteiger partial charge in [0.05, 0.1) is 12.9 Å². The number of nitrogens with zero attached hydrogens (tertiary/aromatic N) is 1. The van der Waals surface area contributed by atoms with Crippen molar-refractivity contribution in [3.8, 4) is 0 Å². The van der Waals surface area contributed by atoms with Crippen LogP contribution in [0.2, 0.25) is 0 Å². The third kappa shape index (κ3) is 2.09. The summed E-state index contributed by atoms with van der Waals surface area (Å²) in [6.45, 7) is 6.66. The summed E-state index contributed by atoms with van der Waals surface area (Å²) in [7, 11) is 0. The average Bonchev–Trinajstić information content (AvgIpc) is 2.17. The van der Waals surface area contributed by atoms with Crippen LogP contribution in [0.25, 0.3) is 0 Å². The van der Waals surface area contributed by atoms with Gasteiger partial charge in [0, 0.05) is 18.5 Å². The monoisotopic (exact) mass is 187 g/mol. The molecule has 76 valence electrons. The average molecular weight is 187 g/mol. The fraction of sp³-hybridized carbons (Fsp3) is 0.800. The molecule has 3 heteroatoms. The Hall–Kier alpha value is -0.410. The van der Waals surface area contributed by atoms with Crippen LogP contribution in [0.15, 0.2) is 11.9 Å². The second-order valence-corrected chi connectivity index (χ2v) is 3.97. The van der Waals surface area contributed by atoms with Crippen molar-refractivity contribution in [2.45, 2.75) is 20.3 Å². The Bertz CT molecular complexity index is 205. The summed E-state index contributed by atoms with van der Waals surface area (Å²) in [5, 5.41) is 9.23. The van der Waals surface area contributed by atoms with E-state index in [4.69, 9.17) is 0 Å². The Kier molecular flexibility index (Phi) is 3.45. The van der Waals surface area contributed by atoms with E-state index in [1.54, 1.807) is 0 Å². The minimum Gasteiger partial charge on any atom is -0.395 e. The Morgan fingerprint density at radius 1 is 1.69 bits per heavy atom. The molecule has 1 aliphatic rings. The van der Waals surface area contributed by atoms with E-state index in [-0.39, 0.29) is 12.0 Å². The molecule has 0 amide bonds. The molecule has 1 N–H and O–H groups in total. The molecule has 0 bridgehead atoms. The molecule has 0 aromatic rings. The third-order valence-electron chi connectivity index (χ3n) is 2.97. The van der Waals surface area contributed by atoms with Gasteiger partial charge in [-0.1, -0.05) is 13.8 Å². The minimum absolute atomic E-state index is 0.0270. The van der Waals surface area contributed by atoms with E-state index in [1.807, 2.05) is 6.92 Å². The van der Waals surface area contributed by atoms with Crippen molar-refractivity contribution in [1.82, 2.24) is 4.90 Å². The molecule has 2 nitrogen and oxygen atoms in total. The molecule has 0 aromatic carbocycles. The summed E-state index contributed by atoms with van der Waals surface area (Å²) in [6, 6.07) is 0. The van der Waals surface area contributed by atoms with Crippen LogP contribution in [-0.4, -0.2) is 36.2 Å². The van der Waals surface area contributed by atoms with Crippen LogP contribution in [-0.2, 0) is 0 Å². The molecule has 0 radical (unpaired) electrons. The van der Waals surface area contributed by atoms with Crippen LogP contribution in [0.5, 0.6) is 0 Å². The number of likely N-dealkylation sites (tertiary alicyclic amines) is 1. The number of aliphatic hydroxyl groups excluding tert-OH is 1. The topological polar surface area (TPSA) is 23.5 Å². The quantitative estimate of drug-likeness (QED) is 0.709. The normalized spacial score (nSPS) is 34.0. The zero-order valence-electron chi connectivity index (χ0n) is 8.39. The van der Waals surface area contributed by atoms with E-state index in [2.05, 4.69) is 11.8 Å². The minimum atomic E-state index is -0.372. The van der Waals surface area contributed by atoms with E-state index in [9.17, 15) is 9.50 Å². The lowest BCUT2D eigenvalue weighted by Gasteiger charge is -2.40. The first-order valence-corrected chi connectivity index (χ1v) is 4.79. The first kappa shape index (κ1) is 10.7. The second kappa shape index (κ2) is 4.20. The Morgan fingerprint density at radius 2 is 2.38 bits per heavy atom. The molecule has 13 heavy (non-hydrogen) atoms. The first-order chi connectivity index (χ1) is 6.16. The van der Waals surface area contributed by atoms with Crippen molar-refractivity contribution in [1.29, 1.82) is 0 Å². The molecular formula is C10H18FNO. The van der Waals surface area contributed by atoms with E-state index in [0.717, 1.165) is 31.6 Å². The van der Waals surface area contributed by atoms with E-state index >= 15 is 0 Å². The predicted molar refractivity (Wildman–Crippen MR) is 51.1 cm³/mol. The van der Waals surface area contributed by atoms with Crippen molar-refractivity contribution in [3.63, 3.8) is 0 Å². The number of aliphatic hydroxyl groups is 1. The molecule has 0 aliphatic carbocycles. The number of hydrogen-bond acceptors (Lipinski definition) is 2. The fourth-order valence-electron chi connectivity index (χ4n) is 1.86. The Morgan fingerprint density at radius 3 is 2.85 bits per heavy atom. The Balaban J connectivity index is 2.74. The lowest BCUT2D eigenvalue weighted by Crippen LogP contribution is -2.44. The maximum atomic E-state index is 12.5. The molecule has 1 fully saturated rings. The van der Waals surface area contributed by atoms with Gasteiger partial charge < -0.3 is 10.0 Å². The molecule has 1 atom stereocenters. The van der Waals surface area contributed by atoms with Crippen LogP contribution in [0.3, 0.4) is 0 Å². The molecule has 0 aromatic heterocycles. The van der Waals surface area contributed by atoms with E-state index in [1.165, 1.54) is 0 Å². The van der Waals surface area contributed by atoms with Gasteiger partial charge in [-0.2, -0.15) is 0 Å². The summed E-state index contributed by atoms with van der Waals surface area (Å²) in [6.07, 6.45) is 1.41. The summed E-state index contributed by atoms with van der Waals surface area (Å²) >= 11 is 0. The molecule has 1 saturated heterocycles. The lowest BCUT2D eigenvalue weighted by molar-refractivity contribution is 0.0912. The zero-order chi connectivity index (χ0) is 9.90. The maximum Gasteiger partial charge on any atom is 0.0866 e. The fourth-order valence-corrected chi connectivity index (χ4v) is 1.86. The van der Waals surface area contributed by atoms with Crippen LogP contribution >= 0.6 is 0 Å². The highest BCUT2D eigenvalue weighted by atomic mass is 19.1. The molecule has 1 unspecified atom stereocenters. The zero-order valence-corrected chi connectivity index (χ0v) is 8.39. The summed E-state index contributed by atoms with van der Waals surface area (Å²) in [5.74, 6) is 0. The van der Waals surface area contributed by atoms with Gasteiger partial charge in [0.2, 0.25) is 0 Å². The van der Waals surface area contributed by atoms with Crippen molar-refractivity contribution >= 4 is 0 Å². The lowest BCUT2D eigenvalue weighted by atomic mass is 9.78. The third-order valence-corrected chi connectivity index (χ3v) is 2.97. The Labute approximate surface area is 79.0 Å². The predicted octanol–water partition coefficient (Wildman–Crippen LogP) is 1.56. The van der Waals surface area contributed by atoms with Crippen molar-refractivity contribution in [2.24, 2.45) is 5.41 Å². The number of rotatable bonds is 2. The molecule has 1 heterocycles. The van der Waals surface area contributed by atoms with Crippen LogP contribution in [0.1, 0.15) is 20.3 Å². The second-order valence-electron chi connectivity index (χ2n) is 3.97. The summed E-state index contributed by atoms with van der Waals surface area (Å²) in [5.41, 5.74) is 0.378. The van der Waals surface area contributed by atoms with Crippen LogP contribution < -0.4 is 0 Å². The van der Waals surface area contributed by atoms with Crippen LogP contribution in [0.4, 0.5) is 4.39 Å².